The average molecular weight is 260 g/mol. The number of aromatic nitrogens is 3. The van der Waals surface area contributed by atoms with Gasteiger partial charge in [0, 0.05) is 7.05 Å². The van der Waals surface area contributed by atoms with Crippen LogP contribution in [0.5, 0.6) is 0 Å². The van der Waals surface area contributed by atoms with Gasteiger partial charge in [-0.2, -0.15) is 10.1 Å². The number of esters is 1. The van der Waals surface area contributed by atoms with E-state index < -0.39 is 5.92 Å². The number of anilines is 1. The molecule has 0 aliphatic heterocycles. The van der Waals surface area contributed by atoms with Gasteiger partial charge in [0.25, 0.3) is 0 Å². The van der Waals surface area contributed by atoms with Gasteiger partial charge < -0.3 is 10.5 Å². The van der Waals surface area contributed by atoms with Crippen LogP contribution in [0.25, 0.3) is 0 Å². The van der Waals surface area contributed by atoms with Crippen molar-refractivity contribution >= 4 is 11.9 Å². The Kier molecular flexibility index (Phi) is 3.79. The standard InChI is InChI=1S/C13H16N4O2/c1-3-19-12(18)10(9-7-5-4-6-8-9)11-15-13(14)17(2)16-11/h4-8,10H,3H2,1-2H3,(H2,14,15,16). The molecule has 2 aromatic rings. The van der Waals surface area contributed by atoms with E-state index in [1.165, 1.54) is 4.68 Å². The molecule has 0 saturated heterocycles. The van der Waals surface area contributed by atoms with E-state index >= 15 is 0 Å². The fourth-order valence-corrected chi connectivity index (χ4v) is 1.80. The van der Waals surface area contributed by atoms with Gasteiger partial charge in [0.2, 0.25) is 5.95 Å². The minimum absolute atomic E-state index is 0.264. The van der Waals surface area contributed by atoms with Crippen LogP contribution in [-0.2, 0) is 16.6 Å². The van der Waals surface area contributed by atoms with Gasteiger partial charge in [0.05, 0.1) is 6.61 Å². The number of hydrogen-bond acceptors (Lipinski definition) is 5. The quantitative estimate of drug-likeness (QED) is 0.832. The van der Waals surface area contributed by atoms with Crippen LogP contribution >= 0.6 is 0 Å². The van der Waals surface area contributed by atoms with Crippen LogP contribution in [0.4, 0.5) is 5.95 Å². The van der Waals surface area contributed by atoms with Crippen molar-refractivity contribution in [3.05, 3.63) is 41.7 Å². The number of nitrogens with zero attached hydrogens (tertiary/aromatic N) is 3. The van der Waals surface area contributed by atoms with Crippen LogP contribution in [0.2, 0.25) is 0 Å². The monoisotopic (exact) mass is 260 g/mol. The van der Waals surface area contributed by atoms with Crippen molar-refractivity contribution in [2.75, 3.05) is 12.3 Å². The summed E-state index contributed by atoms with van der Waals surface area (Å²) in [7, 11) is 1.68. The molecule has 1 aromatic heterocycles. The van der Waals surface area contributed by atoms with Crippen molar-refractivity contribution in [2.45, 2.75) is 12.8 Å². The molecule has 2 rings (SSSR count). The number of rotatable bonds is 4. The number of nitrogen functional groups attached to an aromatic ring is 1. The summed E-state index contributed by atoms with van der Waals surface area (Å²) in [6.45, 7) is 2.07. The second-order valence-corrected chi connectivity index (χ2v) is 4.05. The number of carbonyl (C=O) groups excluding carboxylic acids is 1. The Bertz CT molecular complexity index is 546. The summed E-state index contributed by atoms with van der Waals surface area (Å²) >= 11 is 0. The largest absolute Gasteiger partial charge is 0.465 e. The highest BCUT2D eigenvalue weighted by Crippen LogP contribution is 2.24. The highest BCUT2D eigenvalue weighted by atomic mass is 16.5. The zero-order valence-electron chi connectivity index (χ0n) is 10.9. The number of aryl methyl sites for hydroxylation is 1. The molecule has 6 nitrogen and oxygen atoms in total. The number of benzene rings is 1. The first kappa shape index (κ1) is 13.1. The fourth-order valence-electron chi connectivity index (χ4n) is 1.80. The smallest absolute Gasteiger partial charge is 0.321 e. The summed E-state index contributed by atoms with van der Waals surface area (Å²) in [5.41, 5.74) is 6.45. The van der Waals surface area contributed by atoms with Crippen molar-refractivity contribution in [3.63, 3.8) is 0 Å². The van der Waals surface area contributed by atoms with Crippen molar-refractivity contribution in [2.24, 2.45) is 7.05 Å². The van der Waals surface area contributed by atoms with Gasteiger partial charge in [-0.3, -0.25) is 4.79 Å². The minimum atomic E-state index is -0.648. The lowest BCUT2D eigenvalue weighted by Crippen LogP contribution is -2.18. The molecule has 19 heavy (non-hydrogen) atoms. The minimum Gasteiger partial charge on any atom is -0.465 e. The molecule has 0 radical (unpaired) electrons. The first-order chi connectivity index (χ1) is 9.13. The van der Waals surface area contributed by atoms with E-state index in [0.29, 0.717) is 12.4 Å². The molecule has 0 saturated carbocycles. The second kappa shape index (κ2) is 5.51. The molecule has 0 aliphatic rings. The summed E-state index contributed by atoms with van der Waals surface area (Å²) in [6, 6.07) is 9.27. The fraction of sp³-hybridized carbons (Fsp3) is 0.308. The van der Waals surface area contributed by atoms with E-state index in [2.05, 4.69) is 10.1 Å². The van der Waals surface area contributed by atoms with Gasteiger partial charge in [-0.25, -0.2) is 4.68 Å². The van der Waals surface area contributed by atoms with Gasteiger partial charge >= 0.3 is 5.97 Å². The molecular formula is C13H16N4O2. The van der Waals surface area contributed by atoms with Crippen molar-refractivity contribution in [1.29, 1.82) is 0 Å². The Morgan fingerprint density at radius 1 is 1.42 bits per heavy atom. The Hall–Kier alpha value is -2.37. The third kappa shape index (κ3) is 2.73. The topological polar surface area (TPSA) is 83.0 Å². The molecule has 1 unspecified atom stereocenters. The average Bonchev–Trinajstić information content (AvgIpc) is 2.71. The maximum Gasteiger partial charge on any atom is 0.321 e. The first-order valence-electron chi connectivity index (χ1n) is 6.01. The molecule has 0 aliphatic carbocycles. The molecule has 6 heteroatoms. The van der Waals surface area contributed by atoms with E-state index in [1.54, 1.807) is 14.0 Å². The van der Waals surface area contributed by atoms with Gasteiger partial charge in [0.15, 0.2) is 5.82 Å². The van der Waals surface area contributed by atoms with Crippen LogP contribution in [0, 0.1) is 0 Å². The molecule has 0 fully saturated rings. The lowest BCUT2D eigenvalue weighted by Gasteiger charge is -2.12. The summed E-state index contributed by atoms with van der Waals surface area (Å²) in [5.74, 6) is -0.408. The SMILES string of the molecule is CCOC(=O)C(c1ccccc1)c1nc(N)n(C)n1. The Morgan fingerprint density at radius 3 is 2.63 bits per heavy atom. The van der Waals surface area contributed by atoms with Crippen molar-refractivity contribution in [1.82, 2.24) is 14.8 Å². The zero-order valence-corrected chi connectivity index (χ0v) is 10.9. The summed E-state index contributed by atoms with van der Waals surface area (Å²) in [4.78, 5) is 16.2. The van der Waals surface area contributed by atoms with Crippen molar-refractivity contribution < 1.29 is 9.53 Å². The Balaban J connectivity index is 2.43. The predicted molar refractivity (Wildman–Crippen MR) is 70.3 cm³/mol. The van der Waals surface area contributed by atoms with E-state index in [4.69, 9.17) is 10.5 Å². The molecule has 0 amide bonds. The Morgan fingerprint density at radius 2 is 2.11 bits per heavy atom. The van der Waals surface area contributed by atoms with E-state index in [0.717, 1.165) is 5.56 Å². The lowest BCUT2D eigenvalue weighted by molar-refractivity contribution is -0.144. The molecule has 1 aromatic carbocycles. The van der Waals surface area contributed by atoms with Crippen molar-refractivity contribution in [3.8, 4) is 0 Å². The third-order valence-corrected chi connectivity index (χ3v) is 2.73. The molecule has 0 bridgehead atoms. The second-order valence-electron chi connectivity index (χ2n) is 4.05. The van der Waals surface area contributed by atoms with Gasteiger partial charge in [-0.05, 0) is 12.5 Å². The highest BCUT2D eigenvalue weighted by Gasteiger charge is 2.28. The van der Waals surface area contributed by atoms with Crippen LogP contribution < -0.4 is 5.73 Å². The van der Waals surface area contributed by atoms with Crippen LogP contribution in [-0.4, -0.2) is 27.3 Å². The molecule has 100 valence electrons. The lowest BCUT2D eigenvalue weighted by atomic mass is 9.99. The molecule has 1 atom stereocenters. The van der Waals surface area contributed by atoms with E-state index in [1.807, 2.05) is 30.3 Å². The summed E-state index contributed by atoms with van der Waals surface area (Å²) < 4.78 is 6.53. The number of carbonyl (C=O) groups is 1. The van der Waals surface area contributed by atoms with Crippen LogP contribution in [0.15, 0.2) is 30.3 Å². The van der Waals surface area contributed by atoms with Gasteiger partial charge in [-0.1, -0.05) is 30.3 Å². The summed E-state index contributed by atoms with van der Waals surface area (Å²) in [5, 5.41) is 4.17. The van der Waals surface area contributed by atoms with Gasteiger partial charge in [-0.15, -0.1) is 0 Å². The summed E-state index contributed by atoms with van der Waals surface area (Å²) in [6.07, 6.45) is 0. The highest BCUT2D eigenvalue weighted by molar-refractivity contribution is 5.81. The predicted octanol–water partition coefficient (Wildman–Crippen LogP) is 1.09. The van der Waals surface area contributed by atoms with Gasteiger partial charge in [0.1, 0.15) is 5.92 Å². The zero-order chi connectivity index (χ0) is 13.8. The van der Waals surface area contributed by atoms with E-state index in [-0.39, 0.29) is 11.9 Å². The van der Waals surface area contributed by atoms with Crippen LogP contribution in [0.1, 0.15) is 24.2 Å². The first-order valence-corrected chi connectivity index (χ1v) is 6.01. The molecule has 2 N–H and O–H groups in total. The number of nitrogens with two attached hydrogens (primary N) is 1. The molecular weight excluding hydrogens is 244 g/mol. The molecule has 0 spiro atoms. The third-order valence-electron chi connectivity index (χ3n) is 2.73. The van der Waals surface area contributed by atoms with E-state index in [9.17, 15) is 4.79 Å². The number of ether oxygens (including phenoxy) is 1. The normalized spacial score (nSPS) is 12.1. The number of hydrogen-bond donors (Lipinski definition) is 1. The Labute approximate surface area is 111 Å². The maximum absolute atomic E-state index is 12.1. The molecule has 1 heterocycles. The maximum atomic E-state index is 12.1. The van der Waals surface area contributed by atoms with Crippen LogP contribution in [0.3, 0.4) is 0 Å².